The van der Waals surface area contributed by atoms with Crippen LogP contribution in [0.25, 0.3) is 22.5 Å². The van der Waals surface area contributed by atoms with E-state index in [1.807, 2.05) is 37.3 Å². The van der Waals surface area contributed by atoms with Gasteiger partial charge in [0.05, 0.1) is 12.0 Å². The highest BCUT2D eigenvalue weighted by Gasteiger charge is 2.28. The van der Waals surface area contributed by atoms with Gasteiger partial charge in [-0.1, -0.05) is 36.4 Å². The van der Waals surface area contributed by atoms with Crippen molar-refractivity contribution in [1.29, 1.82) is 0 Å². The SMILES string of the molecule is Cc1cnc(-c2ccc(-c3ccc(NC(=O)Cc4ccccc4)cc3F)c3c2C(=O)NC3)[nH]1. The van der Waals surface area contributed by atoms with Crippen molar-refractivity contribution in [1.82, 2.24) is 15.3 Å². The van der Waals surface area contributed by atoms with Crippen molar-refractivity contribution in [3.8, 4) is 22.5 Å². The van der Waals surface area contributed by atoms with Gasteiger partial charge in [0, 0.05) is 35.2 Å². The molecule has 3 aromatic carbocycles. The van der Waals surface area contributed by atoms with E-state index in [4.69, 9.17) is 0 Å². The minimum absolute atomic E-state index is 0.207. The van der Waals surface area contributed by atoms with Crippen LogP contribution in [0.2, 0.25) is 0 Å². The maximum absolute atomic E-state index is 15.1. The Morgan fingerprint density at radius 1 is 1.06 bits per heavy atom. The molecule has 6 nitrogen and oxygen atoms in total. The predicted molar refractivity (Wildman–Crippen MR) is 124 cm³/mol. The van der Waals surface area contributed by atoms with E-state index in [1.54, 1.807) is 30.5 Å². The number of rotatable bonds is 5. The van der Waals surface area contributed by atoms with E-state index < -0.39 is 5.82 Å². The van der Waals surface area contributed by atoms with E-state index in [1.165, 1.54) is 6.07 Å². The van der Waals surface area contributed by atoms with E-state index in [0.29, 0.717) is 40.3 Å². The average molecular weight is 440 g/mol. The van der Waals surface area contributed by atoms with Crippen molar-refractivity contribution in [2.75, 3.05) is 5.32 Å². The molecule has 4 aromatic rings. The number of anilines is 1. The molecule has 164 valence electrons. The summed E-state index contributed by atoms with van der Waals surface area (Å²) in [5, 5.41) is 5.58. The lowest BCUT2D eigenvalue weighted by molar-refractivity contribution is -0.115. The van der Waals surface area contributed by atoms with Crippen LogP contribution in [-0.2, 0) is 17.8 Å². The van der Waals surface area contributed by atoms with Gasteiger partial charge >= 0.3 is 0 Å². The number of hydrogen-bond acceptors (Lipinski definition) is 3. The number of carbonyl (C=O) groups excluding carboxylic acids is 2. The maximum atomic E-state index is 15.1. The number of aryl methyl sites for hydroxylation is 1. The normalized spacial score (nSPS) is 12.4. The molecule has 33 heavy (non-hydrogen) atoms. The van der Waals surface area contributed by atoms with Crippen LogP contribution in [0.3, 0.4) is 0 Å². The Kier molecular flexibility index (Phi) is 5.22. The van der Waals surface area contributed by atoms with Crippen LogP contribution in [0.4, 0.5) is 10.1 Å². The van der Waals surface area contributed by atoms with Crippen molar-refractivity contribution < 1.29 is 14.0 Å². The molecule has 1 aliphatic heterocycles. The first-order chi connectivity index (χ1) is 16.0. The summed E-state index contributed by atoms with van der Waals surface area (Å²) in [5.41, 5.74) is 5.06. The Labute approximate surface area is 189 Å². The Morgan fingerprint density at radius 3 is 2.55 bits per heavy atom. The Balaban J connectivity index is 1.44. The quantitative estimate of drug-likeness (QED) is 0.423. The van der Waals surface area contributed by atoms with Crippen LogP contribution >= 0.6 is 0 Å². The summed E-state index contributed by atoms with van der Waals surface area (Å²) >= 11 is 0. The number of aromatic amines is 1. The number of aromatic nitrogens is 2. The number of amides is 2. The van der Waals surface area contributed by atoms with Crippen LogP contribution in [0.5, 0.6) is 0 Å². The molecule has 0 saturated carbocycles. The number of halogens is 1. The molecule has 0 saturated heterocycles. The van der Waals surface area contributed by atoms with Gasteiger partial charge in [-0.2, -0.15) is 0 Å². The maximum Gasteiger partial charge on any atom is 0.252 e. The molecule has 2 amide bonds. The zero-order chi connectivity index (χ0) is 22.9. The third-order valence-corrected chi connectivity index (χ3v) is 5.67. The highest BCUT2D eigenvalue weighted by molar-refractivity contribution is 6.06. The molecule has 2 heterocycles. The number of nitrogens with one attached hydrogen (secondary N) is 3. The third-order valence-electron chi connectivity index (χ3n) is 5.67. The number of H-pyrrole nitrogens is 1. The Morgan fingerprint density at radius 2 is 1.82 bits per heavy atom. The topological polar surface area (TPSA) is 86.9 Å². The third kappa shape index (κ3) is 4.01. The van der Waals surface area contributed by atoms with Gasteiger partial charge < -0.3 is 15.6 Å². The molecule has 7 heteroatoms. The van der Waals surface area contributed by atoms with E-state index in [-0.39, 0.29) is 18.2 Å². The van der Waals surface area contributed by atoms with Gasteiger partial charge in [0.2, 0.25) is 5.91 Å². The number of carbonyl (C=O) groups is 2. The average Bonchev–Trinajstić information content (AvgIpc) is 3.40. The second-order valence-electron chi connectivity index (χ2n) is 8.02. The number of benzene rings is 3. The first-order valence-electron chi connectivity index (χ1n) is 10.6. The van der Waals surface area contributed by atoms with Crippen LogP contribution in [0, 0.1) is 12.7 Å². The molecule has 0 fully saturated rings. The molecule has 5 rings (SSSR count). The van der Waals surface area contributed by atoms with E-state index in [9.17, 15) is 9.59 Å². The number of hydrogen-bond donors (Lipinski definition) is 3. The highest BCUT2D eigenvalue weighted by atomic mass is 19.1. The van der Waals surface area contributed by atoms with Gasteiger partial charge in [-0.25, -0.2) is 9.37 Å². The Hall–Kier alpha value is -4.26. The highest BCUT2D eigenvalue weighted by Crippen LogP contribution is 2.36. The lowest BCUT2D eigenvalue weighted by Gasteiger charge is -2.13. The fourth-order valence-corrected chi connectivity index (χ4v) is 4.14. The molecule has 0 unspecified atom stereocenters. The van der Waals surface area contributed by atoms with Gasteiger partial charge in [0.25, 0.3) is 5.91 Å². The fourth-order valence-electron chi connectivity index (χ4n) is 4.14. The predicted octanol–water partition coefficient (Wildman–Crippen LogP) is 4.62. The summed E-state index contributed by atoms with van der Waals surface area (Å²) in [5.74, 6) is -0.303. The summed E-state index contributed by atoms with van der Waals surface area (Å²) in [6.45, 7) is 2.20. The first-order valence-corrected chi connectivity index (χ1v) is 10.6. The number of fused-ring (bicyclic) bond motifs is 1. The van der Waals surface area contributed by atoms with Crippen LogP contribution in [0.1, 0.15) is 27.2 Å². The standard InChI is InChI=1S/C26H21FN4O2/c1-15-13-28-25(30-15)20-10-9-18(21-14-29-26(33)24(20)21)19-8-7-17(12-22(19)27)31-23(32)11-16-5-3-2-4-6-16/h2-10,12-13H,11,14H2,1H3,(H,28,30)(H,29,33)(H,31,32). The summed E-state index contributed by atoms with van der Waals surface area (Å²) in [4.78, 5) is 32.4. The molecular formula is C26H21FN4O2. The van der Waals surface area contributed by atoms with Gasteiger partial charge in [0.15, 0.2) is 0 Å². The summed E-state index contributed by atoms with van der Waals surface area (Å²) in [6, 6.07) is 17.5. The van der Waals surface area contributed by atoms with Crippen molar-refractivity contribution in [3.63, 3.8) is 0 Å². The summed E-state index contributed by atoms with van der Waals surface area (Å²) < 4.78 is 15.1. The van der Waals surface area contributed by atoms with Crippen LogP contribution < -0.4 is 10.6 Å². The monoisotopic (exact) mass is 440 g/mol. The minimum Gasteiger partial charge on any atom is -0.348 e. The largest absolute Gasteiger partial charge is 0.348 e. The first kappa shape index (κ1) is 20.6. The molecular weight excluding hydrogens is 419 g/mol. The van der Waals surface area contributed by atoms with Crippen molar-refractivity contribution in [3.05, 3.63) is 95.1 Å². The Bertz CT molecular complexity index is 1380. The zero-order valence-electron chi connectivity index (χ0n) is 17.9. The zero-order valence-corrected chi connectivity index (χ0v) is 17.9. The van der Waals surface area contributed by atoms with Gasteiger partial charge in [-0.05, 0) is 47.9 Å². The number of imidazole rings is 1. The smallest absolute Gasteiger partial charge is 0.252 e. The van der Waals surface area contributed by atoms with Crippen LogP contribution in [0.15, 0.2) is 66.9 Å². The second kappa shape index (κ2) is 8.35. The molecule has 0 bridgehead atoms. The van der Waals surface area contributed by atoms with Gasteiger partial charge in [-0.3, -0.25) is 9.59 Å². The molecule has 3 N–H and O–H groups in total. The van der Waals surface area contributed by atoms with Gasteiger partial charge in [-0.15, -0.1) is 0 Å². The van der Waals surface area contributed by atoms with Gasteiger partial charge in [0.1, 0.15) is 11.6 Å². The lowest BCUT2D eigenvalue weighted by atomic mass is 9.92. The fraction of sp³-hybridized carbons (Fsp3) is 0.115. The minimum atomic E-state index is -0.476. The summed E-state index contributed by atoms with van der Waals surface area (Å²) in [7, 11) is 0. The second-order valence-corrected chi connectivity index (χ2v) is 8.02. The molecule has 0 aliphatic carbocycles. The summed E-state index contributed by atoms with van der Waals surface area (Å²) in [6.07, 6.45) is 1.91. The van der Waals surface area contributed by atoms with Crippen molar-refractivity contribution in [2.45, 2.75) is 19.9 Å². The van der Waals surface area contributed by atoms with Crippen molar-refractivity contribution in [2.24, 2.45) is 0 Å². The molecule has 0 atom stereocenters. The van der Waals surface area contributed by atoms with Crippen LogP contribution in [-0.4, -0.2) is 21.8 Å². The lowest BCUT2D eigenvalue weighted by Crippen LogP contribution is -2.14. The van der Waals surface area contributed by atoms with E-state index in [2.05, 4.69) is 20.6 Å². The number of nitrogens with zero attached hydrogens (tertiary/aromatic N) is 1. The van der Waals surface area contributed by atoms with E-state index >= 15 is 4.39 Å². The molecule has 1 aliphatic rings. The molecule has 1 aromatic heterocycles. The molecule has 0 spiro atoms. The molecule has 0 radical (unpaired) electrons. The van der Waals surface area contributed by atoms with E-state index in [0.717, 1.165) is 16.8 Å². The van der Waals surface area contributed by atoms with Crippen molar-refractivity contribution >= 4 is 17.5 Å².